The van der Waals surface area contributed by atoms with Gasteiger partial charge in [0.1, 0.15) is 17.1 Å². The van der Waals surface area contributed by atoms with Crippen molar-refractivity contribution in [3.63, 3.8) is 0 Å². The van der Waals surface area contributed by atoms with Crippen molar-refractivity contribution < 1.29 is 19.5 Å². The van der Waals surface area contributed by atoms with Crippen LogP contribution in [-0.2, 0) is 4.79 Å². The Morgan fingerprint density at radius 1 is 0.894 bits per heavy atom. The third-order valence-electron chi connectivity index (χ3n) is 8.36. The lowest BCUT2D eigenvalue weighted by Gasteiger charge is -2.17. The smallest absolute Gasteiger partial charge is 0.274 e. The maximum Gasteiger partial charge on any atom is 0.274 e. The Kier molecular flexibility index (Phi) is 8.52. The lowest BCUT2D eigenvalue weighted by molar-refractivity contribution is -0.115. The summed E-state index contributed by atoms with van der Waals surface area (Å²) < 4.78 is 0. The number of hydrogen-bond acceptors (Lipinski definition) is 6. The molecule has 3 heterocycles. The quantitative estimate of drug-likeness (QED) is 0.0595. The molecule has 47 heavy (non-hydrogen) atoms. The second-order valence-electron chi connectivity index (χ2n) is 11.4. The van der Waals surface area contributed by atoms with E-state index in [-0.39, 0.29) is 29.4 Å². The van der Waals surface area contributed by atoms with E-state index < -0.39 is 0 Å². The highest BCUT2D eigenvalue weighted by molar-refractivity contribution is 8.76. The van der Waals surface area contributed by atoms with Crippen LogP contribution in [0.4, 0.5) is 17.1 Å². The first-order valence-electron chi connectivity index (χ1n) is 15.0. The number of H-pyrrole nitrogens is 2. The number of aromatic hydroxyl groups is 1. The van der Waals surface area contributed by atoms with Gasteiger partial charge in [-0.2, -0.15) is 0 Å². The van der Waals surface area contributed by atoms with Gasteiger partial charge in [-0.1, -0.05) is 45.9 Å². The van der Waals surface area contributed by atoms with E-state index in [0.29, 0.717) is 47.3 Å². The molecule has 2 aromatic heterocycles. The van der Waals surface area contributed by atoms with Crippen LogP contribution in [0, 0.1) is 0 Å². The van der Waals surface area contributed by atoms with E-state index in [9.17, 15) is 19.5 Å². The first-order valence-corrected chi connectivity index (χ1v) is 18.2. The summed E-state index contributed by atoms with van der Waals surface area (Å²) in [4.78, 5) is 47.3. The zero-order valence-corrected chi connectivity index (χ0v) is 27.6. The molecule has 5 N–H and O–H groups in total. The molecule has 0 spiro atoms. The van der Waals surface area contributed by atoms with E-state index >= 15 is 0 Å². The van der Waals surface area contributed by atoms with Crippen molar-refractivity contribution in [3.8, 4) is 5.75 Å². The van der Waals surface area contributed by atoms with Crippen LogP contribution in [0.25, 0.3) is 32.6 Å². The van der Waals surface area contributed by atoms with Crippen LogP contribution in [-0.4, -0.2) is 57.2 Å². The number of phenolic OH excluding ortho intramolecular Hbond substituents is 1. The second-order valence-corrected chi connectivity index (χ2v) is 14.3. The second kappa shape index (κ2) is 12.9. The number of halogens is 1. The SMILES string of the molecule is CSSCCC(=O)Nc1ccc2[nH]c(C(=O)Nc3ccc4[nH]c(C(=O)N5C[C@@H](CCl)c6c5cc(O)c5ccccc65)cc4c3)cc2c1. The minimum absolute atomic E-state index is 0.0537. The third kappa shape index (κ3) is 6.02. The number of alkyl halides is 1. The van der Waals surface area contributed by atoms with Gasteiger partial charge in [-0.15, -0.1) is 11.6 Å². The minimum atomic E-state index is -0.320. The molecule has 4 aromatic carbocycles. The third-order valence-corrected chi connectivity index (χ3v) is 10.6. The van der Waals surface area contributed by atoms with E-state index in [0.717, 1.165) is 43.9 Å². The van der Waals surface area contributed by atoms with Gasteiger partial charge in [-0.3, -0.25) is 14.4 Å². The maximum absolute atomic E-state index is 13.8. The molecule has 0 bridgehead atoms. The molecule has 0 aliphatic carbocycles. The van der Waals surface area contributed by atoms with Gasteiger partial charge in [0.15, 0.2) is 0 Å². The summed E-state index contributed by atoms with van der Waals surface area (Å²) in [6.07, 6.45) is 2.41. The van der Waals surface area contributed by atoms with Crippen LogP contribution >= 0.6 is 33.2 Å². The number of benzene rings is 4. The standard InChI is InChI=1S/C35H30ClN5O4S2/c1-46-47-11-10-32(43)37-22-6-8-26-19(12-22)14-28(39-26)34(44)38-23-7-9-27-20(13-23)15-29(40-27)35(45)41-18-21(17-36)33-25-5-3-2-4-24(25)31(42)16-30(33)41/h2-9,12-16,21,39-40,42H,10-11,17-18H2,1H3,(H,37,43)(H,38,44)/t21-/m1/s1. The highest BCUT2D eigenvalue weighted by atomic mass is 35.5. The maximum atomic E-state index is 13.8. The van der Waals surface area contributed by atoms with Gasteiger partial charge in [-0.25, -0.2) is 0 Å². The van der Waals surface area contributed by atoms with Gasteiger partial charge in [-0.05, 0) is 65.7 Å². The van der Waals surface area contributed by atoms with Gasteiger partial charge in [0.25, 0.3) is 11.8 Å². The van der Waals surface area contributed by atoms with Crippen molar-refractivity contribution in [2.24, 2.45) is 0 Å². The van der Waals surface area contributed by atoms with Gasteiger partial charge in [0.2, 0.25) is 5.91 Å². The average Bonchev–Trinajstić information content (AvgIpc) is 3.79. The molecule has 6 aromatic rings. The number of fused-ring (bicyclic) bond motifs is 5. The molecule has 0 saturated heterocycles. The molecule has 1 atom stereocenters. The summed E-state index contributed by atoms with van der Waals surface area (Å²) >= 11 is 6.37. The summed E-state index contributed by atoms with van der Waals surface area (Å²) in [6, 6.07) is 23.6. The summed E-state index contributed by atoms with van der Waals surface area (Å²) in [5, 5.41) is 19.8. The molecular formula is C35H30ClN5O4S2. The number of anilines is 3. The average molecular weight is 684 g/mol. The van der Waals surface area contributed by atoms with Gasteiger partial charge < -0.3 is 30.6 Å². The number of nitrogens with one attached hydrogen (secondary N) is 4. The molecular weight excluding hydrogens is 654 g/mol. The molecule has 0 fully saturated rings. The summed E-state index contributed by atoms with van der Waals surface area (Å²) in [5.41, 5.74) is 5.14. The van der Waals surface area contributed by atoms with Gasteiger partial charge in [0.05, 0.1) is 5.69 Å². The van der Waals surface area contributed by atoms with E-state index in [4.69, 9.17) is 11.6 Å². The number of carbonyl (C=O) groups excluding carboxylic acids is 3. The van der Waals surface area contributed by atoms with Crippen molar-refractivity contribution in [1.82, 2.24) is 9.97 Å². The predicted molar refractivity (Wildman–Crippen MR) is 195 cm³/mol. The summed E-state index contributed by atoms with van der Waals surface area (Å²) in [7, 11) is 3.27. The van der Waals surface area contributed by atoms with E-state index in [1.54, 1.807) is 56.8 Å². The lowest BCUT2D eigenvalue weighted by Crippen LogP contribution is -2.30. The van der Waals surface area contributed by atoms with Crippen LogP contribution in [0.5, 0.6) is 5.75 Å². The fourth-order valence-corrected chi connectivity index (χ4v) is 7.63. The van der Waals surface area contributed by atoms with Gasteiger partial charge >= 0.3 is 0 Å². The van der Waals surface area contributed by atoms with Crippen molar-refractivity contribution >= 4 is 101 Å². The first-order chi connectivity index (χ1) is 22.8. The number of aromatic nitrogens is 2. The van der Waals surface area contributed by atoms with Crippen LogP contribution in [0.1, 0.15) is 38.9 Å². The van der Waals surface area contributed by atoms with E-state index in [1.807, 2.05) is 54.8 Å². The molecule has 12 heteroatoms. The Bertz CT molecular complexity index is 2200. The minimum Gasteiger partial charge on any atom is -0.507 e. The van der Waals surface area contributed by atoms with Crippen molar-refractivity contribution in [2.45, 2.75) is 12.3 Å². The number of carbonyl (C=O) groups is 3. The largest absolute Gasteiger partial charge is 0.507 e. The molecule has 1 aliphatic rings. The van der Waals surface area contributed by atoms with Crippen LogP contribution < -0.4 is 15.5 Å². The number of amides is 3. The zero-order chi connectivity index (χ0) is 32.7. The Morgan fingerprint density at radius 3 is 2.26 bits per heavy atom. The molecule has 1 aliphatic heterocycles. The van der Waals surface area contributed by atoms with Crippen LogP contribution in [0.2, 0.25) is 0 Å². The highest BCUT2D eigenvalue weighted by Gasteiger charge is 2.35. The summed E-state index contributed by atoms with van der Waals surface area (Å²) in [6.45, 7) is 0.400. The Balaban J connectivity index is 1.08. The molecule has 0 radical (unpaired) electrons. The fourth-order valence-electron chi connectivity index (χ4n) is 6.19. The van der Waals surface area contributed by atoms with Crippen molar-refractivity contribution in [2.75, 3.05) is 40.0 Å². The molecule has 3 amide bonds. The molecule has 7 rings (SSSR count). The Morgan fingerprint density at radius 2 is 1.55 bits per heavy atom. The van der Waals surface area contributed by atoms with Crippen LogP contribution in [0.15, 0.2) is 78.9 Å². The number of hydrogen-bond donors (Lipinski definition) is 5. The number of rotatable bonds is 9. The Labute approximate surface area is 282 Å². The number of nitrogens with zero attached hydrogens (tertiary/aromatic N) is 1. The first kappa shape index (κ1) is 31.0. The molecule has 238 valence electrons. The number of aromatic amines is 2. The summed E-state index contributed by atoms with van der Waals surface area (Å²) in [5.74, 6) is 0.512. The monoisotopic (exact) mass is 683 g/mol. The van der Waals surface area contributed by atoms with Crippen molar-refractivity contribution in [3.05, 3.63) is 95.8 Å². The lowest BCUT2D eigenvalue weighted by atomic mass is 9.95. The zero-order valence-electron chi connectivity index (χ0n) is 25.2. The normalized spacial score (nSPS) is 14.2. The Hall–Kier alpha value is -4.58. The van der Waals surface area contributed by atoms with Gasteiger partial charge in [0, 0.05) is 75.1 Å². The molecule has 0 unspecified atom stereocenters. The van der Waals surface area contributed by atoms with E-state index in [2.05, 4.69) is 20.6 Å². The van der Waals surface area contributed by atoms with Crippen LogP contribution in [0.3, 0.4) is 0 Å². The topological polar surface area (TPSA) is 130 Å². The molecule has 0 saturated carbocycles. The van der Waals surface area contributed by atoms with E-state index in [1.165, 1.54) is 0 Å². The fraction of sp³-hybridized carbons (Fsp3) is 0.171. The highest BCUT2D eigenvalue weighted by Crippen LogP contribution is 2.45. The number of phenols is 1. The predicted octanol–water partition coefficient (Wildman–Crippen LogP) is 8.08. The van der Waals surface area contributed by atoms with Crippen molar-refractivity contribution in [1.29, 1.82) is 0 Å². The molecule has 9 nitrogen and oxygen atoms in total.